The van der Waals surface area contributed by atoms with Crippen LogP contribution in [0, 0.1) is 11.3 Å². The first-order valence-electron chi connectivity index (χ1n) is 6.83. The minimum Gasteiger partial charge on any atom is -0.324 e. The smallest absolute Gasteiger partial charge is 0.221 e. The average Bonchev–Trinajstić information content (AvgIpc) is 2.90. The van der Waals surface area contributed by atoms with Crippen LogP contribution in [0.3, 0.4) is 0 Å². The van der Waals surface area contributed by atoms with Crippen molar-refractivity contribution in [2.75, 3.05) is 0 Å². The fourth-order valence-corrected chi connectivity index (χ4v) is 2.28. The van der Waals surface area contributed by atoms with E-state index in [9.17, 15) is 4.79 Å². The first-order valence-corrected chi connectivity index (χ1v) is 6.83. The maximum atomic E-state index is 12.3. The van der Waals surface area contributed by atoms with Crippen LogP contribution in [0.15, 0.2) is 54.6 Å². The van der Waals surface area contributed by atoms with Gasteiger partial charge in [-0.25, -0.2) is 4.98 Å². The van der Waals surface area contributed by atoms with Gasteiger partial charge >= 0.3 is 0 Å². The topological polar surface area (TPSA) is 58.7 Å². The van der Waals surface area contributed by atoms with E-state index >= 15 is 0 Å². The first-order chi connectivity index (χ1) is 10.7. The van der Waals surface area contributed by atoms with Crippen LogP contribution in [0.25, 0.3) is 17.1 Å². The summed E-state index contributed by atoms with van der Waals surface area (Å²) in [6, 6.07) is 16.8. The summed E-state index contributed by atoms with van der Waals surface area (Å²) >= 11 is 0. The Hall–Kier alpha value is -3.19. The van der Waals surface area contributed by atoms with E-state index in [1.807, 2.05) is 31.3 Å². The van der Waals surface area contributed by atoms with E-state index in [1.165, 1.54) is 6.08 Å². The molecular weight excluding hydrogens is 274 g/mol. The molecule has 1 aromatic heterocycles. The van der Waals surface area contributed by atoms with Crippen LogP contribution in [0.1, 0.15) is 21.7 Å². The minimum absolute atomic E-state index is 0.150. The molecule has 0 saturated heterocycles. The number of fused-ring (bicyclic) bond motifs is 1. The Morgan fingerprint density at radius 2 is 1.91 bits per heavy atom. The van der Waals surface area contributed by atoms with E-state index < -0.39 is 0 Å². The van der Waals surface area contributed by atoms with E-state index in [0.29, 0.717) is 11.4 Å². The Morgan fingerprint density at radius 3 is 2.59 bits per heavy atom. The second-order valence-corrected chi connectivity index (χ2v) is 4.91. The van der Waals surface area contributed by atoms with Crippen molar-refractivity contribution in [3.05, 3.63) is 71.6 Å². The van der Waals surface area contributed by atoms with Gasteiger partial charge < -0.3 is 4.57 Å². The summed E-state index contributed by atoms with van der Waals surface area (Å²) in [7, 11) is 1.83. The minimum atomic E-state index is -0.150. The van der Waals surface area contributed by atoms with Gasteiger partial charge in [0, 0.05) is 7.05 Å². The summed E-state index contributed by atoms with van der Waals surface area (Å²) in [6.07, 6.45) is 3.23. The van der Waals surface area contributed by atoms with Gasteiger partial charge in [0.2, 0.25) is 5.78 Å². The Kier molecular flexibility index (Phi) is 3.55. The molecule has 0 amide bonds. The van der Waals surface area contributed by atoms with E-state index in [2.05, 4.69) is 11.1 Å². The number of benzene rings is 2. The SMILES string of the molecule is Cn1c(C(=O)C=Cc2ccc(C#N)cc2)nc2ccccc21. The molecule has 0 aliphatic heterocycles. The van der Waals surface area contributed by atoms with Crippen molar-refractivity contribution in [3.8, 4) is 6.07 Å². The maximum Gasteiger partial charge on any atom is 0.221 e. The summed E-state index contributed by atoms with van der Waals surface area (Å²) < 4.78 is 1.79. The number of hydrogen-bond donors (Lipinski definition) is 0. The van der Waals surface area contributed by atoms with Crippen LogP contribution in [0.2, 0.25) is 0 Å². The van der Waals surface area contributed by atoms with Crippen LogP contribution in [0.5, 0.6) is 0 Å². The predicted octanol–water partition coefficient (Wildman–Crippen LogP) is 3.34. The molecule has 3 aromatic rings. The molecule has 0 atom stereocenters. The number of aryl methyl sites for hydroxylation is 1. The normalized spacial score (nSPS) is 10.9. The molecule has 22 heavy (non-hydrogen) atoms. The fraction of sp³-hybridized carbons (Fsp3) is 0.0556. The number of nitrogens with zero attached hydrogens (tertiary/aromatic N) is 3. The highest BCUT2D eigenvalue weighted by Crippen LogP contribution is 2.15. The number of carbonyl (C=O) groups excluding carboxylic acids is 1. The van der Waals surface area contributed by atoms with Gasteiger partial charge in [-0.1, -0.05) is 30.3 Å². The lowest BCUT2D eigenvalue weighted by atomic mass is 10.1. The van der Waals surface area contributed by atoms with Gasteiger partial charge in [-0.2, -0.15) is 5.26 Å². The van der Waals surface area contributed by atoms with Crippen molar-refractivity contribution in [3.63, 3.8) is 0 Å². The predicted molar refractivity (Wildman–Crippen MR) is 85.2 cm³/mol. The molecule has 3 rings (SSSR count). The molecule has 0 radical (unpaired) electrons. The van der Waals surface area contributed by atoms with Gasteiger partial charge in [0.1, 0.15) is 0 Å². The monoisotopic (exact) mass is 287 g/mol. The highest BCUT2D eigenvalue weighted by Gasteiger charge is 2.12. The number of nitriles is 1. The molecule has 106 valence electrons. The molecule has 2 aromatic carbocycles. The number of imidazole rings is 1. The lowest BCUT2D eigenvalue weighted by Gasteiger charge is -1.98. The second kappa shape index (κ2) is 5.66. The van der Waals surface area contributed by atoms with E-state index in [-0.39, 0.29) is 5.78 Å². The standard InChI is InChI=1S/C18H13N3O/c1-21-16-5-3-2-4-15(16)20-18(21)17(22)11-10-13-6-8-14(12-19)9-7-13/h2-11H,1H3. The maximum absolute atomic E-state index is 12.3. The highest BCUT2D eigenvalue weighted by molar-refractivity contribution is 6.06. The van der Waals surface area contributed by atoms with Gasteiger partial charge in [-0.3, -0.25) is 4.79 Å². The largest absolute Gasteiger partial charge is 0.324 e. The molecule has 0 fully saturated rings. The van der Waals surface area contributed by atoms with Gasteiger partial charge in [-0.15, -0.1) is 0 Å². The molecule has 0 saturated carbocycles. The van der Waals surface area contributed by atoms with Gasteiger partial charge in [0.05, 0.1) is 22.7 Å². The third-order valence-corrected chi connectivity index (χ3v) is 3.47. The van der Waals surface area contributed by atoms with Crippen molar-refractivity contribution in [2.45, 2.75) is 0 Å². The van der Waals surface area contributed by atoms with Crippen molar-refractivity contribution in [1.29, 1.82) is 5.26 Å². The summed E-state index contributed by atoms with van der Waals surface area (Å²) in [5, 5.41) is 8.76. The quantitative estimate of drug-likeness (QED) is 0.548. The number of hydrogen-bond acceptors (Lipinski definition) is 3. The first kappa shape index (κ1) is 13.8. The van der Waals surface area contributed by atoms with Gasteiger partial charge in [-0.05, 0) is 35.9 Å². The summed E-state index contributed by atoms with van der Waals surface area (Å²) in [6.45, 7) is 0. The van der Waals surface area contributed by atoms with Crippen molar-refractivity contribution < 1.29 is 4.79 Å². The lowest BCUT2D eigenvalue weighted by molar-refractivity contribution is 0.103. The molecule has 0 unspecified atom stereocenters. The highest BCUT2D eigenvalue weighted by atomic mass is 16.1. The van der Waals surface area contributed by atoms with Crippen LogP contribution >= 0.6 is 0 Å². The number of allylic oxidation sites excluding steroid dienone is 1. The van der Waals surface area contributed by atoms with E-state index in [4.69, 9.17) is 5.26 Å². The summed E-state index contributed by atoms with van der Waals surface area (Å²) in [4.78, 5) is 16.7. The molecule has 1 heterocycles. The van der Waals surface area contributed by atoms with Gasteiger partial charge in [0.15, 0.2) is 5.82 Å². The zero-order valence-corrected chi connectivity index (χ0v) is 12.0. The molecule has 0 aliphatic rings. The third kappa shape index (κ3) is 2.52. The Labute approximate surface area is 127 Å². The Bertz CT molecular complexity index is 912. The van der Waals surface area contributed by atoms with E-state index in [0.717, 1.165) is 16.6 Å². The van der Waals surface area contributed by atoms with Crippen LogP contribution in [-0.4, -0.2) is 15.3 Å². The molecular formula is C18H13N3O. The average molecular weight is 287 g/mol. The number of para-hydroxylation sites is 2. The molecule has 4 heteroatoms. The Morgan fingerprint density at radius 1 is 1.18 bits per heavy atom. The lowest BCUT2D eigenvalue weighted by Crippen LogP contribution is -2.04. The summed E-state index contributed by atoms with van der Waals surface area (Å²) in [5.41, 5.74) is 3.20. The van der Waals surface area contributed by atoms with E-state index in [1.54, 1.807) is 34.9 Å². The third-order valence-electron chi connectivity index (χ3n) is 3.47. The zero-order valence-electron chi connectivity index (χ0n) is 12.0. The molecule has 0 bridgehead atoms. The Balaban J connectivity index is 1.88. The molecule has 0 N–H and O–H groups in total. The van der Waals surface area contributed by atoms with Gasteiger partial charge in [0.25, 0.3) is 0 Å². The number of ketones is 1. The van der Waals surface area contributed by atoms with Crippen molar-refractivity contribution >= 4 is 22.9 Å². The zero-order chi connectivity index (χ0) is 15.5. The van der Waals surface area contributed by atoms with Crippen molar-refractivity contribution in [2.24, 2.45) is 7.05 Å². The fourth-order valence-electron chi connectivity index (χ4n) is 2.28. The van der Waals surface area contributed by atoms with Crippen molar-refractivity contribution in [1.82, 2.24) is 9.55 Å². The molecule has 0 aliphatic carbocycles. The number of rotatable bonds is 3. The van der Waals surface area contributed by atoms with Crippen LogP contribution in [-0.2, 0) is 7.05 Å². The molecule has 0 spiro atoms. The number of carbonyl (C=O) groups is 1. The second-order valence-electron chi connectivity index (χ2n) is 4.91. The number of aromatic nitrogens is 2. The molecule has 4 nitrogen and oxygen atoms in total. The van der Waals surface area contributed by atoms with Crippen LogP contribution in [0.4, 0.5) is 0 Å². The summed E-state index contributed by atoms with van der Waals surface area (Å²) in [5.74, 6) is 0.258. The van der Waals surface area contributed by atoms with Crippen LogP contribution < -0.4 is 0 Å².